The van der Waals surface area contributed by atoms with Crippen molar-refractivity contribution in [2.24, 2.45) is 0 Å². The van der Waals surface area contributed by atoms with Crippen molar-refractivity contribution in [2.75, 3.05) is 0 Å². The highest BCUT2D eigenvalue weighted by Gasteiger charge is 2.18. The normalized spacial score (nSPS) is 11.8. The molecule has 0 aliphatic carbocycles. The highest BCUT2D eigenvalue weighted by atomic mass is 35.5. The first kappa shape index (κ1) is 18.4. The van der Waals surface area contributed by atoms with E-state index in [0.29, 0.717) is 5.71 Å². The summed E-state index contributed by atoms with van der Waals surface area (Å²) < 4.78 is 8.28. The van der Waals surface area contributed by atoms with Crippen LogP contribution in [0.1, 0.15) is 0 Å². The van der Waals surface area contributed by atoms with Crippen molar-refractivity contribution in [3.63, 3.8) is 0 Å². The van der Waals surface area contributed by atoms with E-state index in [1.807, 2.05) is 30.3 Å². The average Bonchev–Trinajstić information content (AvgIpc) is 3.39. The zero-order valence-corrected chi connectivity index (χ0v) is 18.1. The number of aromatic nitrogens is 3. The molecule has 0 saturated heterocycles. The second-order valence-electron chi connectivity index (χ2n) is 8.04. The first-order valence-electron chi connectivity index (χ1n) is 10.7. The van der Waals surface area contributed by atoms with Crippen LogP contribution < -0.4 is 0 Å². The summed E-state index contributed by atoms with van der Waals surface area (Å²) in [5, 5.41) is 4.41. The zero-order valence-electron chi connectivity index (χ0n) is 17.4. The Bertz CT molecular complexity index is 1830. The number of hydrogen-bond donors (Lipinski definition) is 0. The topological polar surface area (TPSA) is 43.9 Å². The van der Waals surface area contributed by atoms with Crippen molar-refractivity contribution < 1.29 is 4.42 Å². The molecule has 0 aliphatic rings. The number of fused-ring (bicyclic) bond motifs is 6. The molecule has 5 heteroatoms. The molecule has 3 heterocycles. The Balaban J connectivity index is 1.59. The summed E-state index contributed by atoms with van der Waals surface area (Å²) in [6.07, 6.45) is 0. The molecular formula is C28H16ClN3O. The number of halogens is 1. The van der Waals surface area contributed by atoms with Crippen molar-refractivity contribution in [3.8, 4) is 16.9 Å². The van der Waals surface area contributed by atoms with Gasteiger partial charge in [-0.3, -0.25) is 0 Å². The fourth-order valence-electron chi connectivity index (χ4n) is 4.78. The third kappa shape index (κ3) is 2.71. The van der Waals surface area contributed by atoms with Gasteiger partial charge in [0, 0.05) is 27.4 Å². The van der Waals surface area contributed by atoms with E-state index in [-0.39, 0.29) is 5.28 Å². The molecular weight excluding hydrogens is 430 g/mol. The van der Waals surface area contributed by atoms with Gasteiger partial charge in [0.25, 0.3) is 0 Å². The molecule has 0 fully saturated rings. The first-order valence-corrected chi connectivity index (χ1v) is 11.1. The summed E-state index contributed by atoms with van der Waals surface area (Å²) in [5.74, 6) is 0. The molecule has 7 aromatic rings. The van der Waals surface area contributed by atoms with Crippen molar-refractivity contribution in [3.05, 3.63) is 102 Å². The van der Waals surface area contributed by atoms with Crippen molar-refractivity contribution >= 4 is 55.5 Å². The summed E-state index contributed by atoms with van der Waals surface area (Å²) in [6, 6.07) is 33.2. The van der Waals surface area contributed by atoms with Gasteiger partial charge in [0.1, 0.15) is 5.58 Å². The second-order valence-corrected chi connectivity index (χ2v) is 8.38. The van der Waals surface area contributed by atoms with E-state index in [1.165, 1.54) is 10.8 Å². The molecule has 0 amide bonds. The minimum absolute atomic E-state index is 0.167. The molecule has 0 aliphatic heterocycles. The Hall–Kier alpha value is -4.15. The van der Waals surface area contributed by atoms with Gasteiger partial charge >= 0.3 is 0 Å². The summed E-state index contributed by atoms with van der Waals surface area (Å²) in [6.45, 7) is 0. The SMILES string of the molecule is Clc1nc(-c2ccc3c4ccccc4n(-c4ccccc4)c3c2)c2c(n1)oc1ccccc12. The largest absolute Gasteiger partial charge is 0.438 e. The smallest absolute Gasteiger partial charge is 0.232 e. The van der Waals surface area contributed by atoms with Crippen molar-refractivity contribution in [2.45, 2.75) is 0 Å². The Labute approximate surface area is 193 Å². The monoisotopic (exact) mass is 445 g/mol. The van der Waals surface area contributed by atoms with E-state index in [9.17, 15) is 0 Å². The highest BCUT2D eigenvalue weighted by Crippen LogP contribution is 2.38. The van der Waals surface area contributed by atoms with Crippen LogP contribution in [0.15, 0.2) is 101 Å². The molecule has 0 spiro atoms. The van der Waals surface area contributed by atoms with Crippen LogP contribution in [-0.2, 0) is 0 Å². The summed E-state index contributed by atoms with van der Waals surface area (Å²) in [7, 11) is 0. The van der Waals surface area contributed by atoms with E-state index in [2.05, 4.69) is 81.3 Å². The second kappa shape index (κ2) is 6.92. The predicted molar refractivity (Wildman–Crippen MR) is 134 cm³/mol. The zero-order chi connectivity index (χ0) is 21.9. The van der Waals surface area contributed by atoms with Gasteiger partial charge in [-0.15, -0.1) is 0 Å². The van der Waals surface area contributed by atoms with Gasteiger partial charge in [-0.25, -0.2) is 4.98 Å². The first-order chi connectivity index (χ1) is 16.3. The van der Waals surface area contributed by atoms with Gasteiger partial charge in [-0.1, -0.05) is 66.7 Å². The van der Waals surface area contributed by atoms with Crippen LogP contribution in [0.3, 0.4) is 0 Å². The van der Waals surface area contributed by atoms with Gasteiger partial charge in [-0.2, -0.15) is 4.98 Å². The molecule has 7 rings (SSSR count). The molecule has 0 atom stereocenters. The van der Waals surface area contributed by atoms with Gasteiger partial charge in [0.15, 0.2) is 0 Å². The number of para-hydroxylation sites is 3. The quantitative estimate of drug-likeness (QED) is 0.255. The lowest BCUT2D eigenvalue weighted by Gasteiger charge is -2.09. The number of nitrogens with zero attached hydrogens (tertiary/aromatic N) is 3. The Kier molecular flexibility index (Phi) is 3.87. The predicted octanol–water partition coefficient (Wildman–Crippen LogP) is 7.79. The van der Waals surface area contributed by atoms with Crippen LogP contribution in [-0.4, -0.2) is 14.5 Å². The van der Waals surface area contributed by atoms with Crippen LogP contribution in [0.2, 0.25) is 5.28 Å². The number of rotatable bonds is 2. The molecule has 0 unspecified atom stereocenters. The third-order valence-corrected chi connectivity index (χ3v) is 6.34. The average molecular weight is 446 g/mol. The third-order valence-electron chi connectivity index (χ3n) is 6.17. The Morgan fingerprint density at radius 1 is 0.667 bits per heavy atom. The number of benzene rings is 4. The molecule has 0 saturated carbocycles. The van der Waals surface area contributed by atoms with Crippen molar-refractivity contribution in [1.29, 1.82) is 0 Å². The van der Waals surface area contributed by atoms with E-state index < -0.39 is 0 Å². The van der Waals surface area contributed by atoms with Gasteiger partial charge in [0.2, 0.25) is 11.0 Å². The fraction of sp³-hybridized carbons (Fsp3) is 0. The molecule has 4 nitrogen and oxygen atoms in total. The summed E-state index contributed by atoms with van der Waals surface area (Å²) in [5.41, 5.74) is 6.37. The van der Waals surface area contributed by atoms with E-state index in [1.54, 1.807) is 0 Å². The lowest BCUT2D eigenvalue weighted by molar-refractivity contribution is 0.653. The minimum Gasteiger partial charge on any atom is -0.438 e. The lowest BCUT2D eigenvalue weighted by atomic mass is 10.0. The van der Waals surface area contributed by atoms with E-state index in [0.717, 1.165) is 44.3 Å². The molecule has 0 N–H and O–H groups in total. The summed E-state index contributed by atoms with van der Waals surface area (Å²) in [4.78, 5) is 8.99. The maximum absolute atomic E-state index is 6.32. The van der Waals surface area contributed by atoms with Crippen LogP contribution in [0, 0.1) is 0 Å². The molecule has 4 aromatic carbocycles. The van der Waals surface area contributed by atoms with E-state index in [4.69, 9.17) is 16.0 Å². The molecule has 3 aromatic heterocycles. The Morgan fingerprint density at radius 2 is 1.39 bits per heavy atom. The van der Waals surface area contributed by atoms with Gasteiger partial charge in [0.05, 0.1) is 22.1 Å². The molecule has 33 heavy (non-hydrogen) atoms. The van der Waals surface area contributed by atoms with Crippen LogP contribution in [0.5, 0.6) is 0 Å². The van der Waals surface area contributed by atoms with E-state index >= 15 is 0 Å². The summed E-state index contributed by atoms with van der Waals surface area (Å²) >= 11 is 6.32. The maximum Gasteiger partial charge on any atom is 0.232 e. The molecule has 156 valence electrons. The van der Waals surface area contributed by atoms with Crippen LogP contribution in [0.4, 0.5) is 0 Å². The fourth-order valence-corrected chi connectivity index (χ4v) is 4.94. The van der Waals surface area contributed by atoms with Gasteiger partial charge in [-0.05, 0) is 41.9 Å². The highest BCUT2D eigenvalue weighted by molar-refractivity contribution is 6.29. The number of furan rings is 1. The van der Waals surface area contributed by atoms with Gasteiger partial charge < -0.3 is 8.98 Å². The van der Waals surface area contributed by atoms with Crippen LogP contribution >= 0.6 is 11.6 Å². The van der Waals surface area contributed by atoms with Crippen molar-refractivity contribution in [1.82, 2.24) is 14.5 Å². The Morgan fingerprint density at radius 3 is 2.27 bits per heavy atom. The lowest BCUT2D eigenvalue weighted by Crippen LogP contribution is -1.94. The molecule has 0 radical (unpaired) electrons. The maximum atomic E-state index is 6.32. The molecule has 0 bridgehead atoms. The number of hydrogen-bond acceptors (Lipinski definition) is 3. The van der Waals surface area contributed by atoms with Crippen LogP contribution in [0.25, 0.3) is 60.8 Å². The minimum atomic E-state index is 0.167. The standard InChI is InChI=1S/C28H16ClN3O/c29-28-30-26(25-21-11-5-7-13-24(21)33-27(25)31-28)17-14-15-20-19-10-4-6-12-22(19)32(23(20)16-17)18-8-2-1-3-9-18/h1-16H.